The van der Waals surface area contributed by atoms with Gasteiger partial charge in [-0.25, -0.2) is 8.42 Å². The zero-order valence-corrected chi connectivity index (χ0v) is 21.2. The van der Waals surface area contributed by atoms with Crippen molar-refractivity contribution in [3.05, 3.63) is 42.5 Å². The Bertz CT molecular complexity index is 1120. The maximum absolute atomic E-state index is 13.6. The van der Waals surface area contributed by atoms with Gasteiger partial charge in [0.2, 0.25) is 15.9 Å². The fourth-order valence-corrected chi connectivity index (χ4v) is 5.96. The number of sulfonamides is 1. The van der Waals surface area contributed by atoms with Crippen LogP contribution in [0.25, 0.3) is 11.1 Å². The van der Waals surface area contributed by atoms with Crippen LogP contribution in [0.2, 0.25) is 0 Å². The Morgan fingerprint density at radius 2 is 2.00 bits per heavy atom. The first kappa shape index (κ1) is 26.0. The Balaban J connectivity index is 2.15. The van der Waals surface area contributed by atoms with Gasteiger partial charge in [0.1, 0.15) is 22.5 Å². The summed E-state index contributed by atoms with van der Waals surface area (Å²) in [6, 6.07) is 11.8. The van der Waals surface area contributed by atoms with Crippen molar-refractivity contribution in [3.63, 3.8) is 0 Å². The van der Waals surface area contributed by atoms with E-state index in [-0.39, 0.29) is 35.6 Å². The second-order valence-electron chi connectivity index (χ2n) is 8.73. The molecule has 186 valence electrons. The molecule has 0 saturated heterocycles. The monoisotopic (exact) mass is 490 g/mol. The van der Waals surface area contributed by atoms with Gasteiger partial charge in [-0.05, 0) is 30.7 Å². The quantitative estimate of drug-likeness (QED) is 0.641. The Kier molecular flexibility index (Phi) is 8.22. The predicted molar refractivity (Wildman–Crippen MR) is 130 cm³/mol. The molecule has 0 aliphatic carbocycles. The lowest BCUT2D eigenvalue weighted by atomic mass is 10.0. The number of aliphatic hydroxyl groups is 1. The Morgan fingerprint density at radius 1 is 1.29 bits per heavy atom. The van der Waals surface area contributed by atoms with Crippen LogP contribution >= 0.6 is 0 Å². The van der Waals surface area contributed by atoms with Crippen molar-refractivity contribution in [3.8, 4) is 22.6 Å². The number of carbonyl (C=O) groups is 1. The van der Waals surface area contributed by atoms with Crippen LogP contribution in [0.5, 0.6) is 11.5 Å². The Hall–Kier alpha value is -2.62. The smallest absolute Gasteiger partial charge is 0.247 e. The fourth-order valence-electron chi connectivity index (χ4n) is 4.14. The summed E-state index contributed by atoms with van der Waals surface area (Å²) in [6.45, 7) is 5.55. The largest absolute Gasteiger partial charge is 0.496 e. The summed E-state index contributed by atoms with van der Waals surface area (Å²) in [5, 5.41) is 9.78. The van der Waals surface area contributed by atoms with Gasteiger partial charge in [0.05, 0.1) is 20.3 Å². The van der Waals surface area contributed by atoms with Crippen LogP contribution in [0.3, 0.4) is 0 Å². The predicted octanol–water partition coefficient (Wildman–Crippen LogP) is 3.00. The molecule has 8 nitrogen and oxygen atoms in total. The maximum atomic E-state index is 13.6. The number of carbonyl (C=O) groups excluding carboxylic acids is 1. The van der Waals surface area contributed by atoms with E-state index in [4.69, 9.17) is 9.47 Å². The molecule has 0 bridgehead atoms. The molecule has 1 aliphatic heterocycles. The summed E-state index contributed by atoms with van der Waals surface area (Å²) >= 11 is 0. The third-order valence-electron chi connectivity index (χ3n) is 6.27. The molecule has 1 heterocycles. The standard InChI is InChI=1S/C25H34N2O6S/c1-6-25(29)26(4)15-23-17(2)14-27(18(3)16-28)34(30,31)24-12-11-19(13-22(24)33-23)20-9-7-8-10-21(20)32-5/h7-13,17-18,23,28H,6,14-16H2,1-5H3/t17-,18-,23+/m1/s1. The van der Waals surface area contributed by atoms with Crippen LogP contribution in [0, 0.1) is 5.92 Å². The van der Waals surface area contributed by atoms with Crippen LogP contribution in [-0.2, 0) is 14.8 Å². The Labute approximate surface area is 202 Å². The van der Waals surface area contributed by atoms with Crippen LogP contribution in [-0.4, -0.2) is 74.6 Å². The van der Waals surface area contributed by atoms with Crippen molar-refractivity contribution in [2.45, 2.75) is 44.2 Å². The van der Waals surface area contributed by atoms with Gasteiger partial charge in [-0.15, -0.1) is 0 Å². The molecule has 0 unspecified atom stereocenters. The number of aliphatic hydroxyl groups excluding tert-OH is 1. The molecule has 0 saturated carbocycles. The number of methoxy groups -OCH3 is 1. The highest BCUT2D eigenvalue weighted by Crippen LogP contribution is 2.38. The summed E-state index contributed by atoms with van der Waals surface area (Å²) in [7, 11) is -0.635. The average Bonchev–Trinajstić information content (AvgIpc) is 2.84. The highest BCUT2D eigenvalue weighted by atomic mass is 32.2. The number of hydrogen-bond acceptors (Lipinski definition) is 6. The summed E-state index contributed by atoms with van der Waals surface area (Å²) in [6.07, 6.45) is -0.0789. The second-order valence-corrected chi connectivity index (χ2v) is 10.6. The number of fused-ring (bicyclic) bond motifs is 1. The van der Waals surface area contributed by atoms with Gasteiger partial charge in [0.25, 0.3) is 0 Å². The lowest BCUT2D eigenvalue weighted by molar-refractivity contribution is -0.131. The first-order valence-corrected chi connectivity index (χ1v) is 12.9. The fraction of sp³-hybridized carbons (Fsp3) is 0.480. The van der Waals surface area contributed by atoms with Crippen molar-refractivity contribution in [2.24, 2.45) is 5.92 Å². The SMILES string of the molecule is CCC(=O)N(C)C[C@@H]1Oc2cc(-c3ccccc3OC)ccc2S(=O)(=O)N([C@H](C)CO)C[C@H]1C. The number of nitrogens with zero attached hydrogens (tertiary/aromatic N) is 2. The van der Waals surface area contributed by atoms with Gasteiger partial charge in [0.15, 0.2) is 0 Å². The number of hydrogen-bond donors (Lipinski definition) is 1. The number of amides is 1. The molecule has 3 rings (SSSR count). The topological polar surface area (TPSA) is 96.4 Å². The van der Waals surface area contributed by atoms with Crippen molar-refractivity contribution < 1.29 is 27.8 Å². The Morgan fingerprint density at radius 3 is 2.65 bits per heavy atom. The minimum atomic E-state index is -3.94. The molecule has 0 spiro atoms. The zero-order chi connectivity index (χ0) is 25.0. The van der Waals surface area contributed by atoms with E-state index in [0.717, 1.165) is 11.1 Å². The first-order chi connectivity index (χ1) is 16.1. The second kappa shape index (κ2) is 10.8. The van der Waals surface area contributed by atoms with E-state index in [0.29, 0.717) is 18.7 Å². The van der Waals surface area contributed by atoms with Crippen molar-refractivity contribution >= 4 is 15.9 Å². The van der Waals surface area contributed by atoms with Crippen LogP contribution in [0.4, 0.5) is 0 Å². The molecule has 2 aromatic carbocycles. The van der Waals surface area contributed by atoms with E-state index in [1.54, 1.807) is 45.0 Å². The van der Waals surface area contributed by atoms with Crippen molar-refractivity contribution in [1.82, 2.24) is 9.21 Å². The van der Waals surface area contributed by atoms with E-state index in [9.17, 15) is 18.3 Å². The van der Waals surface area contributed by atoms with E-state index < -0.39 is 22.2 Å². The van der Waals surface area contributed by atoms with Crippen molar-refractivity contribution in [1.29, 1.82) is 0 Å². The number of benzene rings is 2. The van der Waals surface area contributed by atoms with Gasteiger partial charge in [-0.3, -0.25) is 4.79 Å². The highest BCUT2D eigenvalue weighted by Gasteiger charge is 2.38. The highest BCUT2D eigenvalue weighted by molar-refractivity contribution is 7.89. The molecular weight excluding hydrogens is 456 g/mol. The molecular formula is C25H34N2O6S. The average molecular weight is 491 g/mol. The number of likely N-dealkylation sites (N-methyl/N-ethyl adjacent to an activating group) is 1. The number of rotatable bonds is 7. The molecule has 2 aromatic rings. The minimum absolute atomic E-state index is 0.0194. The zero-order valence-electron chi connectivity index (χ0n) is 20.4. The lowest BCUT2D eigenvalue weighted by Gasteiger charge is -2.37. The number of para-hydroxylation sites is 1. The van der Waals surface area contributed by atoms with E-state index >= 15 is 0 Å². The summed E-state index contributed by atoms with van der Waals surface area (Å²) in [4.78, 5) is 13.9. The third kappa shape index (κ3) is 5.21. The van der Waals surface area contributed by atoms with Crippen LogP contribution in [0.1, 0.15) is 27.2 Å². The van der Waals surface area contributed by atoms with Gasteiger partial charge >= 0.3 is 0 Å². The molecule has 0 fully saturated rings. The van der Waals surface area contributed by atoms with Gasteiger partial charge in [-0.1, -0.05) is 38.1 Å². The summed E-state index contributed by atoms with van der Waals surface area (Å²) < 4.78 is 40.4. The van der Waals surface area contributed by atoms with Crippen LogP contribution in [0.15, 0.2) is 47.4 Å². The number of ether oxygens (including phenoxy) is 2. The van der Waals surface area contributed by atoms with Crippen LogP contribution < -0.4 is 9.47 Å². The third-order valence-corrected chi connectivity index (χ3v) is 8.29. The molecule has 1 aliphatic rings. The lowest BCUT2D eigenvalue weighted by Crippen LogP contribution is -2.50. The first-order valence-electron chi connectivity index (χ1n) is 11.4. The van der Waals surface area contributed by atoms with Gasteiger partial charge < -0.3 is 19.5 Å². The van der Waals surface area contributed by atoms with Gasteiger partial charge in [0, 0.05) is 37.5 Å². The minimum Gasteiger partial charge on any atom is -0.496 e. The molecule has 3 atom stereocenters. The molecule has 0 aromatic heterocycles. The molecule has 9 heteroatoms. The van der Waals surface area contributed by atoms with Crippen molar-refractivity contribution in [2.75, 3.05) is 33.9 Å². The van der Waals surface area contributed by atoms with E-state index in [2.05, 4.69) is 0 Å². The maximum Gasteiger partial charge on any atom is 0.247 e. The van der Waals surface area contributed by atoms with E-state index in [1.165, 1.54) is 10.4 Å². The molecule has 1 amide bonds. The molecule has 0 radical (unpaired) electrons. The summed E-state index contributed by atoms with van der Waals surface area (Å²) in [5.74, 6) is 0.616. The molecule has 34 heavy (non-hydrogen) atoms. The summed E-state index contributed by atoms with van der Waals surface area (Å²) in [5.41, 5.74) is 1.55. The molecule has 1 N–H and O–H groups in total. The van der Waals surface area contributed by atoms with Gasteiger partial charge in [-0.2, -0.15) is 4.31 Å². The normalized spacial score (nSPS) is 20.9. The van der Waals surface area contributed by atoms with E-state index in [1.807, 2.05) is 31.2 Å².